The van der Waals surface area contributed by atoms with Gasteiger partial charge in [-0.2, -0.15) is 0 Å². The van der Waals surface area contributed by atoms with Gasteiger partial charge in [0, 0.05) is 5.56 Å². The summed E-state index contributed by atoms with van der Waals surface area (Å²) in [5, 5.41) is 8.42. The van der Waals surface area contributed by atoms with E-state index in [1.165, 1.54) is 5.56 Å². The molecule has 0 aromatic heterocycles. The molecule has 11 heavy (non-hydrogen) atoms. The average Bonchev–Trinajstić information content (AvgIpc) is 2.01. The van der Waals surface area contributed by atoms with Crippen LogP contribution in [0, 0.1) is 18.8 Å². The molecule has 0 saturated carbocycles. The van der Waals surface area contributed by atoms with Gasteiger partial charge in [0.1, 0.15) is 6.61 Å². The minimum absolute atomic E-state index is 0.0755. The van der Waals surface area contributed by atoms with Gasteiger partial charge in [0.25, 0.3) is 0 Å². The van der Waals surface area contributed by atoms with E-state index in [1.54, 1.807) is 0 Å². The van der Waals surface area contributed by atoms with Gasteiger partial charge in [-0.15, -0.1) is 0 Å². The van der Waals surface area contributed by atoms with Crippen LogP contribution in [-0.2, 0) is 0 Å². The van der Waals surface area contributed by atoms with E-state index in [-0.39, 0.29) is 6.61 Å². The molecule has 0 fully saturated rings. The standard InChI is InChI=1S/C10H10O/c1-9-4-2-5-10(8-9)6-3-7-11/h2,4-5,8,11H,7H2,1H3. The number of aliphatic hydroxyl groups is 1. The highest BCUT2D eigenvalue weighted by molar-refractivity contribution is 5.36. The van der Waals surface area contributed by atoms with Crippen molar-refractivity contribution in [2.24, 2.45) is 0 Å². The first-order valence-electron chi connectivity index (χ1n) is 3.49. The molecule has 0 aliphatic heterocycles. The van der Waals surface area contributed by atoms with Gasteiger partial charge in [0.15, 0.2) is 0 Å². The summed E-state index contributed by atoms with van der Waals surface area (Å²) < 4.78 is 0. The van der Waals surface area contributed by atoms with E-state index in [2.05, 4.69) is 11.8 Å². The fourth-order valence-corrected chi connectivity index (χ4v) is 0.864. The van der Waals surface area contributed by atoms with E-state index in [4.69, 9.17) is 5.11 Å². The lowest BCUT2D eigenvalue weighted by Gasteiger charge is -1.91. The van der Waals surface area contributed by atoms with Crippen LogP contribution < -0.4 is 0 Å². The zero-order valence-electron chi connectivity index (χ0n) is 6.46. The molecule has 0 heterocycles. The van der Waals surface area contributed by atoms with Crippen molar-refractivity contribution < 1.29 is 5.11 Å². The van der Waals surface area contributed by atoms with Crippen LogP contribution in [0.3, 0.4) is 0 Å². The van der Waals surface area contributed by atoms with Crippen LogP contribution >= 0.6 is 0 Å². The van der Waals surface area contributed by atoms with Crippen LogP contribution in [0.15, 0.2) is 24.3 Å². The van der Waals surface area contributed by atoms with Crippen LogP contribution in [0.5, 0.6) is 0 Å². The van der Waals surface area contributed by atoms with E-state index in [9.17, 15) is 0 Å². The van der Waals surface area contributed by atoms with Crippen molar-refractivity contribution in [3.8, 4) is 11.8 Å². The lowest BCUT2D eigenvalue weighted by molar-refractivity contribution is 0.350. The van der Waals surface area contributed by atoms with E-state index in [0.717, 1.165) is 5.56 Å². The van der Waals surface area contributed by atoms with E-state index in [0.29, 0.717) is 0 Å². The van der Waals surface area contributed by atoms with Gasteiger partial charge in [-0.1, -0.05) is 24.0 Å². The zero-order valence-corrected chi connectivity index (χ0v) is 6.46. The Balaban J connectivity index is 2.87. The molecule has 1 aromatic rings. The minimum Gasteiger partial charge on any atom is -0.384 e. The van der Waals surface area contributed by atoms with Crippen molar-refractivity contribution in [1.82, 2.24) is 0 Å². The maximum absolute atomic E-state index is 8.42. The Morgan fingerprint density at radius 3 is 2.91 bits per heavy atom. The first-order valence-corrected chi connectivity index (χ1v) is 3.49. The van der Waals surface area contributed by atoms with Gasteiger partial charge >= 0.3 is 0 Å². The predicted molar refractivity (Wildman–Crippen MR) is 45.1 cm³/mol. The minimum atomic E-state index is -0.0755. The topological polar surface area (TPSA) is 20.2 Å². The molecule has 56 valence electrons. The maximum atomic E-state index is 8.42. The Morgan fingerprint density at radius 2 is 2.27 bits per heavy atom. The SMILES string of the molecule is Cc1cccc(C#CCO)c1. The molecule has 1 aromatic carbocycles. The first kappa shape index (κ1) is 7.84. The van der Waals surface area contributed by atoms with Crippen molar-refractivity contribution in [3.63, 3.8) is 0 Å². The van der Waals surface area contributed by atoms with E-state index < -0.39 is 0 Å². The summed E-state index contributed by atoms with van der Waals surface area (Å²) in [6, 6.07) is 7.89. The fourth-order valence-electron chi connectivity index (χ4n) is 0.864. The van der Waals surface area contributed by atoms with Gasteiger partial charge in [-0.05, 0) is 24.6 Å². The zero-order chi connectivity index (χ0) is 8.10. The summed E-state index contributed by atoms with van der Waals surface area (Å²) >= 11 is 0. The van der Waals surface area contributed by atoms with Crippen molar-refractivity contribution in [3.05, 3.63) is 35.4 Å². The van der Waals surface area contributed by atoms with Crippen molar-refractivity contribution >= 4 is 0 Å². The largest absolute Gasteiger partial charge is 0.384 e. The molecule has 1 N–H and O–H groups in total. The summed E-state index contributed by atoms with van der Waals surface area (Å²) in [7, 11) is 0. The highest BCUT2D eigenvalue weighted by Gasteiger charge is 1.85. The highest BCUT2D eigenvalue weighted by atomic mass is 16.2. The Labute approximate surface area is 66.7 Å². The second-order valence-corrected chi connectivity index (χ2v) is 2.33. The van der Waals surface area contributed by atoms with Gasteiger partial charge in [-0.3, -0.25) is 0 Å². The smallest absolute Gasteiger partial charge is 0.104 e. The summed E-state index contributed by atoms with van der Waals surface area (Å²) in [4.78, 5) is 0. The molecule has 0 aliphatic carbocycles. The molecule has 1 nitrogen and oxygen atoms in total. The molecule has 0 bridgehead atoms. The van der Waals surface area contributed by atoms with Crippen molar-refractivity contribution in [2.75, 3.05) is 6.61 Å². The molecule has 0 saturated heterocycles. The third-order valence-electron chi connectivity index (χ3n) is 1.33. The monoisotopic (exact) mass is 146 g/mol. The average molecular weight is 146 g/mol. The lowest BCUT2D eigenvalue weighted by Crippen LogP contribution is -1.77. The molecular formula is C10H10O. The van der Waals surface area contributed by atoms with Crippen LogP contribution in [0.2, 0.25) is 0 Å². The quantitative estimate of drug-likeness (QED) is 0.547. The normalized spacial score (nSPS) is 8.55. The third kappa shape index (κ3) is 2.45. The summed E-state index contributed by atoms with van der Waals surface area (Å²) in [5.74, 6) is 5.43. The molecule has 0 aliphatic rings. The molecule has 0 spiro atoms. The predicted octanol–water partition coefficient (Wildman–Crippen LogP) is 1.34. The van der Waals surface area contributed by atoms with Gasteiger partial charge in [0.05, 0.1) is 0 Å². The third-order valence-corrected chi connectivity index (χ3v) is 1.33. The number of hydrogen-bond acceptors (Lipinski definition) is 1. The molecule has 0 atom stereocenters. The molecule has 0 radical (unpaired) electrons. The van der Waals surface area contributed by atoms with E-state index >= 15 is 0 Å². The maximum Gasteiger partial charge on any atom is 0.104 e. The van der Waals surface area contributed by atoms with Gasteiger partial charge in [-0.25, -0.2) is 0 Å². The molecule has 0 unspecified atom stereocenters. The van der Waals surface area contributed by atoms with Gasteiger partial charge in [0.2, 0.25) is 0 Å². The molecule has 1 rings (SSSR count). The second-order valence-electron chi connectivity index (χ2n) is 2.33. The van der Waals surface area contributed by atoms with Crippen molar-refractivity contribution in [1.29, 1.82) is 0 Å². The number of aryl methyl sites for hydroxylation is 1. The highest BCUT2D eigenvalue weighted by Crippen LogP contribution is 2.01. The fraction of sp³-hybridized carbons (Fsp3) is 0.200. The lowest BCUT2D eigenvalue weighted by atomic mass is 10.1. The molecule has 0 amide bonds. The van der Waals surface area contributed by atoms with Crippen LogP contribution in [0.4, 0.5) is 0 Å². The Kier molecular flexibility index (Phi) is 2.71. The van der Waals surface area contributed by atoms with Crippen molar-refractivity contribution in [2.45, 2.75) is 6.92 Å². The second kappa shape index (κ2) is 3.80. The van der Waals surface area contributed by atoms with Crippen LogP contribution in [0.1, 0.15) is 11.1 Å². The Bertz CT molecular complexity index is 291. The number of aliphatic hydroxyl groups excluding tert-OH is 1. The Morgan fingerprint density at radius 1 is 1.45 bits per heavy atom. The van der Waals surface area contributed by atoms with E-state index in [1.807, 2.05) is 31.2 Å². The van der Waals surface area contributed by atoms with Crippen LogP contribution in [0.25, 0.3) is 0 Å². The number of rotatable bonds is 0. The van der Waals surface area contributed by atoms with Gasteiger partial charge < -0.3 is 5.11 Å². The molecular weight excluding hydrogens is 136 g/mol. The number of benzene rings is 1. The summed E-state index contributed by atoms with van der Waals surface area (Å²) in [6.07, 6.45) is 0. The molecule has 1 heteroatoms. The van der Waals surface area contributed by atoms with Crippen LogP contribution in [-0.4, -0.2) is 11.7 Å². The summed E-state index contributed by atoms with van der Waals surface area (Å²) in [6.45, 7) is 1.94. The Hall–Kier alpha value is -1.26. The first-order chi connectivity index (χ1) is 5.33. The number of hydrogen-bond donors (Lipinski definition) is 1. The summed E-state index contributed by atoms with van der Waals surface area (Å²) in [5.41, 5.74) is 2.15.